The van der Waals surface area contributed by atoms with Gasteiger partial charge in [0, 0.05) is 5.56 Å². The van der Waals surface area contributed by atoms with E-state index in [1.54, 1.807) is 0 Å². The highest BCUT2D eigenvalue weighted by atomic mass is 19.2. The molecular formula is C9H7BF5. The Kier molecular flexibility index (Phi) is 3.37. The Bertz CT molecular complexity index is 362. The summed E-state index contributed by atoms with van der Waals surface area (Å²) in [6.45, 7) is 2.82. The molecule has 1 aromatic carbocycles. The summed E-state index contributed by atoms with van der Waals surface area (Å²) >= 11 is 0. The van der Waals surface area contributed by atoms with Gasteiger partial charge < -0.3 is 0 Å². The Morgan fingerprint density at radius 3 is 1.47 bits per heavy atom. The molecule has 0 saturated carbocycles. The molecule has 0 spiro atoms. The van der Waals surface area contributed by atoms with Gasteiger partial charge >= 0.3 is 0 Å². The molecule has 0 N–H and O–H groups in total. The van der Waals surface area contributed by atoms with Crippen LogP contribution in [0.1, 0.15) is 18.3 Å². The second-order valence-electron chi connectivity index (χ2n) is 3.11. The summed E-state index contributed by atoms with van der Waals surface area (Å²) in [6, 6.07) is 0. The van der Waals surface area contributed by atoms with E-state index in [4.69, 9.17) is 0 Å². The molecule has 81 valence electrons. The zero-order chi connectivity index (χ0) is 11.7. The van der Waals surface area contributed by atoms with Crippen molar-refractivity contribution in [3.05, 3.63) is 34.6 Å². The average molecular weight is 221 g/mol. The van der Waals surface area contributed by atoms with E-state index in [2.05, 4.69) is 0 Å². The van der Waals surface area contributed by atoms with Crippen molar-refractivity contribution in [1.29, 1.82) is 0 Å². The molecule has 0 aliphatic heterocycles. The van der Waals surface area contributed by atoms with Crippen molar-refractivity contribution in [2.45, 2.75) is 19.6 Å². The van der Waals surface area contributed by atoms with Gasteiger partial charge in [0.2, 0.25) is 5.82 Å². The molecule has 0 saturated heterocycles. The summed E-state index contributed by atoms with van der Waals surface area (Å²) in [7, 11) is 1.35. The van der Waals surface area contributed by atoms with Crippen molar-refractivity contribution in [3.8, 4) is 0 Å². The van der Waals surface area contributed by atoms with Crippen LogP contribution in [0.3, 0.4) is 0 Å². The second kappa shape index (κ2) is 4.20. The van der Waals surface area contributed by atoms with Crippen LogP contribution in [-0.4, -0.2) is 7.28 Å². The first-order chi connectivity index (χ1) is 6.91. The van der Waals surface area contributed by atoms with Crippen LogP contribution in [0.15, 0.2) is 0 Å². The Balaban J connectivity index is 3.52. The highest BCUT2D eigenvalue weighted by molar-refractivity contribution is 6.35. The molecule has 0 heterocycles. The normalized spacial score (nSPS) is 12.7. The monoisotopic (exact) mass is 221 g/mol. The minimum absolute atomic E-state index is 0.797. The van der Waals surface area contributed by atoms with Crippen LogP contribution in [0.4, 0.5) is 22.0 Å². The molecule has 15 heavy (non-hydrogen) atoms. The van der Waals surface area contributed by atoms with Gasteiger partial charge in [0.05, 0.1) is 0 Å². The average Bonchev–Trinajstić information content (AvgIpc) is 2.23. The molecule has 0 bridgehead atoms. The van der Waals surface area contributed by atoms with Crippen molar-refractivity contribution in [2.24, 2.45) is 0 Å². The standard InChI is InChI=1S/C9H7BF5/c1-3(10-2)4-5(11)7(13)9(15)8(14)6(4)12/h3H,1-2H3. The number of hydrogen-bond donors (Lipinski definition) is 0. The van der Waals surface area contributed by atoms with Gasteiger partial charge in [-0.3, -0.25) is 0 Å². The summed E-state index contributed by atoms with van der Waals surface area (Å²) in [6.07, 6.45) is 0. The summed E-state index contributed by atoms with van der Waals surface area (Å²) in [4.78, 5) is 0. The fourth-order valence-electron chi connectivity index (χ4n) is 1.19. The van der Waals surface area contributed by atoms with Crippen molar-refractivity contribution in [1.82, 2.24) is 0 Å². The molecule has 1 unspecified atom stereocenters. The topological polar surface area (TPSA) is 0 Å². The third kappa shape index (κ3) is 1.85. The molecule has 1 radical (unpaired) electrons. The van der Waals surface area contributed by atoms with Crippen molar-refractivity contribution < 1.29 is 22.0 Å². The highest BCUT2D eigenvalue weighted by Crippen LogP contribution is 2.28. The predicted octanol–water partition coefficient (Wildman–Crippen LogP) is 3.20. The van der Waals surface area contributed by atoms with Crippen LogP contribution in [-0.2, 0) is 0 Å². The Morgan fingerprint density at radius 2 is 1.13 bits per heavy atom. The minimum atomic E-state index is -2.13. The molecule has 0 aromatic heterocycles. The maximum Gasteiger partial charge on any atom is 0.200 e. The molecule has 0 aliphatic rings. The van der Waals surface area contributed by atoms with E-state index in [-0.39, 0.29) is 0 Å². The number of hydrogen-bond acceptors (Lipinski definition) is 0. The summed E-state index contributed by atoms with van der Waals surface area (Å²) in [5, 5.41) is 0. The lowest BCUT2D eigenvalue weighted by Crippen LogP contribution is -2.12. The summed E-state index contributed by atoms with van der Waals surface area (Å²) in [5.41, 5.74) is -0.797. The van der Waals surface area contributed by atoms with E-state index in [1.165, 1.54) is 21.0 Å². The number of halogens is 5. The van der Waals surface area contributed by atoms with Crippen LogP contribution in [0, 0.1) is 29.1 Å². The molecule has 1 atom stereocenters. The lowest BCUT2D eigenvalue weighted by molar-refractivity contribution is 0.370. The molecule has 0 amide bonds. The third-order valence-corrected chi connectivity index (χ3v) is 2.20. The molecule has 0 aliphatic carbocycles. The largest absolute Gasteiger partial charge is 0.203 e. The predicted molar refractivity (Wildman–Crippen MR) is 46.3 cm³/mol. The minimum Gasteiger partial charge on any atom is -0.203 e. The molecule has 1 rings (SSSR count). The molecule has 0 fully saturated rings. The first kappa shape index (κ1) is 12.0. The first-order valence-electron chi connectivity index (χ1n) is 4.22. The maximum atomic E-state index is 13.1. The van der Waals surface area contributed by atoms with Crippen LogP contribution in [0.25, 0.3) is 0 Å². The van der Waals surface area contributed by atoms with E-state index in [0.717, 1.165) is 0 Å². The van der Waals surface area contributed by atoms with Gasteiger partial charge in [0.25, 0.3) is 0 Å². The molecule has 1 aromatic rings. The van der Waals surface area contributed by atoms with Gasteiger partial charge in [-0.05, 0) is 5.82 Å². The molecule has 6 heteroatoms. The van der Waals surface area contributed by atoms with E-state index in [0.29, 0.717) is 0 Å². The van der Waals surface area contributed by atoms with Crippen molar-refractivity contribution in [3.63, 3.8) is 0 Å². The lowest BCUT2D eigenvalue weighted by atomic mass is 9.64. The third-order valence-electron chi connectivity index (χ3n) is 2.20. The van der Waals surface area contributed by atoms with Crippen molar-refractivity contribution in [2.75, 3.05) is 0 Å². The van der Waals surface area contributed by atoms with Gasteiger partial charge in [-0.2, -0.15) is 0 Å². The number of benzene rings is 1. The summed E-state index contributed by atoms with van der Waals surface area (Å²) < 4.78 is 64.3. The fraction of sp³-hybridized carbons (Fsp3) is 0.333. The Labute approximate surface area is 84.3 Å². The van der Waals surface area contributed by atoms with Crippen LogP contribution >= 0.6 is 0 Å². The van der Waals surface area contributed by atoms with Crippen LogP contribution in [0.5, 0.6) is 0 Å². The SMILES string of the molecule is C[B]C(C)c1c(F)c(F)c(F)c(F)c1F. The van der Waals surface area contributed by atoms with E-state index < -0.39 is 40.5 Å². The Hall–Kier alpha value is -1.07. The van der Waals surface area contributed by atoms with Gasteiger partial charge in [0.15, 0.2) is 23.3 Å². The van der Waals surface area contributed by atoms with Crippen LogP contribution < -0.4 is 0 Å². The van der Waals surface area contributed by atoms with Gasteiger partial charge in [-0.15, -0.1) is 0 Å². The first-order valence-corrected chi connectivity index (χ1v) is 4.22. The van der Waals surface area contributed by atoms with Crippen LogP contribution in [0.2, 0.25) is 6.82 Å². The highest BCUT2D eigenvalue weighted by Gasteiger charge is 2.27. The lowest BCUT2D eigenvalue weighted by Gasteiger charge is -2.12. The van der Waals surface area contributed by atoms with E-state index >= 15 is 0 Å². The zero-order valence-corrected chi connectivity index (χ0v) is 8.04. The van der Waals surface area contributed by atoms with Gasteiger partial charge in [-0.1, -0.05) is 13.7 Å². The van der Waals surface area contributed by atoms with Gasteiger partial charge in [-0.25, -0.2) is 22.0 Å². The van der Waals surface area contributed by atoms with Crippen molar-refractivity contribution >= 4 is 7.28 Å². The fourth-order valence-corrected chi connectivity index (χ4v) is 1.19. The maximum absolute atomic E-state index is 13.1. The quantitative estimate of drug-likeness (QED) is 0.311. The van der Waals surface area contributed by atoms with E-state index in [1.807, 2.05) is 0 Å². The zero-order valence-electron chi connectivity index (χ0n) is 8.04. The molecular weight excluding hydrogens is 214 g/mol. The smallest absolute Gasteiger partial charge is 0.200 e. The summed E-state index contributed by atoms with van der Waals surface area (Å²) in [5.74, 6) is -10.3. The Morgan fingerprint density at radius 1 is 0.800 bits per heavy atom. The molecule has 0 nitrogen and oxygen atoms in total. The number of rotatable bonds is 2. The van der Waals surface area contributed by atoms with Gasteiger partial charge in [0.1, 0.15) is 7.28 Å². The van der Waals surface area contributed by atoms with E-state index in [9.17, 15) is 22.0 Å². The second-order valence-corrected chi connectivity index (χ2v) is 3.11.